The molecule has 2 rings (SSSR count). The van der Waals surface area contributed by atoms with Crippen molar-refractivity contribution in [1.29, 1.82) is 0 Å². The Morgan fingerprint density at radius 1 is 1.60 bits per heavy atom. The largest absolute Gasteiger partial charge is 0.159 e. The van der Waals surface area contributed by atoms with Gasteiger partial charge >= 0.3 is 0 Å². The molecule has 0 aromatic heterocycles. The molecule has 0 amide bonds. The van der Waals surface area contributed by atoms with Crippen LogP contribution in [0.1, 0.15) is 26.2 Å². The smallest absolute Gasteiger partial charge is 0.0709 e. The lowest BCUT2D eigenvalue weighted by atomic mass is 10.1. The molecule has 1 aliphatic heterocycles. The van der Waals surface area contributed by atoms with E-state index in [1.165, 1.54) is 24.1 Å². The predicted molar refractivity (Wildman–Crippen MR) is 40.7 cm³/mol. The minimum Gasteiger partial charge on any atom is -0.159 e. The molecule has 0 aromatic rings. The molecule has 1 fully saturated rings. The summed E-state index contributed by atoms with van der Waals surface area (Å²) >= 11 is 0. The van der Waals surface area contributed by atoms with Gasteiger partial charge in [-0.25, -0.2) is 0 Å². The highest BCUT2D eigenvalue weighted by Gasteiger charge is 2.31. The zero-order valence-electron chi connectivity index (χ0n) is 6.17. The van der Waals surface area contributed by atoms with Crippen LogP contribution in [0.2, 0.25) is 0 Å². The second kappa shape index (κ2) is 2.11. The van der Waals surface area contributed by atoms with Crippen molar-refractivity contribution < 1.29 is 0 Å². The van der Waals surface area contributed by atoms with Crippen LogP contribution in [0.25, 0.3) is 0 Å². The summed E-state index contributed by atoms with van der Waals surface area (Å²) in [4.78, 5) is 0. The zero-order chi connectivity index (χ0) is 6.97. The topological polar surface area (TPSA) is 26.5 Å². The molecule has 0 aromatic carbocycles. The molecule has 1 aliphatic carbocycles. The Kier molecular flexibility index (Phi) is 1.26. The maximum absolute atomic E-state index is 4.10. The summed E-state index contributed by atoms with van der Waals surface area (Å²) in [6.07, 6.45) is 5.63. The van der Waals surface area contributed by atoms with E-state index in [4.69, 9.17) is 0 Å². The maximum Gasteiger partial charge on any atom is 0.0709 e. The van der Waals surface area contributed by atoms with E-state index in [9.17, 15) is 0 Å². The van der Waals surface area contributed by atoms with Crippen LogP contribution in [0, 0.1) is 5.92 Å². The molecule has 53 valence electrons. The number of hydrogen-bond donors (Lipinski definition) is 0. The van der Waals surface area contributed by atoms with Crippen LogP contribution >= 0.6 is 0 Å². The fourth-order valence-corrected chi connectivity index (χ4v) is 1.26. The summed E-state index contributed by atoms with van der Waals surface area (Å²) in [6, 6.07) is 0. The Morgan fingerprint density at radius 2 is 2.40 bits per heavy atom. The molecule has 0 spiro atoms. The van der Waals surface area contributed by atoms with Gasteiger partial charge in [0.1, 0.15) is 0 Å². The average Bonchev–Trinajstić information content (AvgIpc) is 2.69. The molecular weight excluding hydrogens is 124 g/mol. The van der Waals surface area contributed by atoms with Crippen LogP contribution in [-0.2, 0) is 0 Å². The van der Waals surface area contributed by atoms with E-state index in [-0.39, 0.29) is 0 Å². The molecule has 10 heavy (non-hydrogen) atoms. The lowest BCUT2D eigenvalue weighted by Gasteiger charge is -1.97. The van der Waals surface area contributed by atoms with Crippen LogP contribution in [0.15, 0.2) is 16.9 Å². The highest BCUT2D eigenvalue weighted by atomic mass is 15.3. The minimum absolute atomic E-state index is 0.762. The quantitative estimate of drug-likeness (QED) is 0.550. The van der Waals surface area contributed by atoms with Gasteiger partial charge in [0.2, 0.25) is 0 Å². The fraction of sp³-hybridized carbons (Fsp3) is 0.625. The molecule has 2 heteroatoms. The van der Waals surface area contributed by atoms with Crippen LogP contribution in [0.5, 0.6) is 0 Å². The number of allylic oxidation sites excluding steroid dienone is 1. The fourth-order valence-electron chi connectivity index (χ4n) is 1.26. The zero-order valence-corrected chi connectivity index (χ0v) is 6.17. The van der Waals surface area contributed by atoms with Crippen molar-refractivity contribution in [3.05, 3.63) is 11.8 Å². The van der Waals surface area contributed by atoms with Crippen molar-refractivity contribution in [3.8, 4) is 0 Å². The van der Waals surface area contributed by atoms with Crippen molar-refractivity contribution in [2.45, 2.75) is 26.2 Å². The molecule has 1 radical (unpaired) electrons. The van der Waals surface area contributed by atoms with Gasteiger partial charge in [-0.3, -0.25) is 0 Å². The molecular formula is C8H11N2. The summed E-state index contributed by atoms with van der Waals surface area (Å²) in [5, 5.41) is 4.10. The molecule has 0 saturated heterocycles. The Labute approximate surface area is 61.0 Å². The third-order valence-corrected chi connectivity index (χ3v) is 2.05. The molecule has 2 aliphatic rings. The van der Waals surface area contributed by atoms with Crippen LogP contribution in [0.3, 0.4) is 0 Å². The maximum atomic E-state index is 4.10. The highest BCUT2D eigenvalue weighted by molar-refractivity contribution is 6.04. The summed E-state index contributed by atoms with van der Waals surface area (Å²) in [5.41, 5.74) is 6.52. The number of nitrogens with zero attached hydrogens (tertiary/aromatic N) is 2. The highest BCUT2D eigenvalue weighted by Crippen LogP contribution is 2.35. The molecule has 0 atom stereocenters. The van der Waals surface area contributed by atoms with E-state index >= 15 is 0 Å². The van der Waals surface area contributed by atoms with Crippen molar-refractivity contribution >= 4 is 5.71 Å². The first-order valence-corrected chi connectivity index (χ1v) is 3.89. The molecule has 0 unspecified atom stereocenters. The standard InChI is InChI=1S/C8H11N2/c1-2-6-5-9-10-8(6)7-3-4-7/h5,7H,2-4H2,1H3. The lowest BCUT2D eigenvalue weighted by Crippen LogP contribution is -2.00. The van der Waals surface area contributed by atoms with Gasteiger partial charge in [0.15, 0.2) is 0 Å². The second-order valence-electron chi connectivity index (χ2n) is 2.88. The minimum atomic E-state index is 0.762. The van der Waals surface area contributed by atoms with Gasteiger partial charge in [0.25, 0.3) is 0 Å². The van der Waals surface area contributed by atoms with Gasteiger partial charge in [-0.15, -0.1) is 0 Å². The van der Waals surface area contributed by atoms with E-state index in [0.717, 1.165) is 12.3 Å². The van der Waals surface area contributed by atoms with Crippen molar-refractivity contribution in [2.75, 3.05) is 0 Å². The van der Waals surface area contributed by atoms with Crippen molar-refractivity contribution in [2.24, 2.45) is 11.0 Å². The molecule has 2 nitrogen and oxygen atoms in total. The van der Waals surface area contributed by atoms with E-state index in [0.29, 0.717) is 0 Å². The van der Waals surface area contributed by atoms with Crippen molar-refractivity contribution in [3.63, 3.8) is 0 Å². The normalized spacial score (nSPS) is 23.7. The van der Waals surface area contributed by atoms with Gasteiger partial charge in [-0.1, -0.05) is 6.92 Å². The first-order chi connectivity index (χ1) is 4.92. The van der Waals surface area contributed by atoms with E-state index in [2.05, 4.69) is 17.5 Å². The van der Waals surface area contributed by atoms with Gasteiger partial charge in [-0.2, -0.15) is 10.5 Å². The summed E-state index contributed by atoms with van der Waals surface area (Å²) in [7, 11) is 0. The summed E-state index contributed by atoms with van der Waals surface area (Å²) < 4.78 is 0. The SMILES string of the molecule is CCC1=C[N]N=C1C1CC1. The Morgan fingerprint density at radius 3 is 3.00 bits per heavy atom. The Hall–Kier alpha value is -0.790. The molecule has 0 bridgehead atoms. The Balaban J connectivity index is 2.12. The first-order valence-electron chi connectivity index (χ1n) is 3.89. The van der Waals surface area contributed by atoms with Crippen LogP contribution in [0.4, 0.5) is 0 Å². The van der Waals surface area contributed by atoms with Crippen molar-refractivity contribution in [1.82, 2.24) is 5.43 Å². The van der Waals surface area contributed by atoms with Crippen LogP contribution < -0.4 is 5.43 Å². The van der Waals surface area contributed by atoms with E-state index < -0.39 is 0 Å². The molecule has 1 saturated carbocycles. The summed E-state index contributed by atoms with van der Waals surface area (Å²) in [6.45, 7) is 2.16. The predicted octanol–water partition coefficient (Wildman–Crippen LogP) is 1.66. The second-order valence-corrected chi connectivity index (χ2v) is 2.88. The van der Waals surface area contributed by atoms with Gasteiger partial charge in [0, 0.05) is 5.92 Å². The summed E-state index contributed by atoms with van der Waals surface area (Å²) in [5.74, 6) is 0.762. The Bertz CT molecular complexity index is 199. The first kappa shape index (κ1) is 5.96. The third kappa shape index (κ3) is 0.838. The van der Waals surface area contributed by atoms with Gasteiger partial charge in [-0.05, 0) is 24.8 Å². The molecule has 0 N–H and O–H groups in total. The van der Waals surface area contributed by atoms with E-state index in [1.807, 2.05) is 6.20 Å². The number of rotatable bonds is 2. The van der Waals surface area contributed by atoms with E-state index in [1.54, 1.807) is 0 Å². The third-order valence-electron chi connectivity index (χ3n) is 2.05. The molecule has 1 heterocycles. The van der Waals surface area contributed by atoms with Gasteiger partial charge in [0.05, 0.1) is 11.9 Å². The monoisotopic (exact) mass is 135 g/mol. The average molecular weight is 135 g/mol. The number of hydrogen-bond acceptors (Lipinski definition) is 1. The van der Waals surface area contributed by atoms with Crippen LogP contribution in [-0.4, -0.2) is 5.71 Å². The van der Waals surface area contributed by atoms with Gasteiger partial charge < -0.3 is 0 Å². The lowest BCUT2D eigenvalue weighted by molar-refractivity contribution is 0.957.